The van der Waals surface area contributed by atoms with E-state index >= 15 is 0 Å². The molecule has 1 unspecified atom stereocenters. The number of nitrogens with zero attached hydrogens (tertiary/aromatic N) is 4. The van der Waals surface area contributed by atoms with E-state index < -0.39 is 0 Å². The minimum atomic E-state index is -0.170. The number of aryl methyl sites for hydroxylation is 2. The fourth-order valence-electron chi connectivity index (χ4n) is 3.22. The lowest BCUT2D eigenvalue weighted by atomic mass is 10.2. The lowest BCUT2D eigenvalue weighted by molar-refractivity contribution is 0.204. The number of rotatable bonds is 3. The molecule has 0 radical (unpaired) electrons. The number of amides is 2. The Morgan fingerprint density at radius 1 is 1.42 bits per heavy atom. The second kappa shape index (κ2) is 6.87. The Morgan fingerprint density at radius 3 is 3.04 bits per heavy atom. The summed E-state index contributed by atoms with van der Waals surface area (Å²) >= 11 is 1.66. The van der Waals surface area contributed by atoms with Gasteiger partial charge in [-0.05, 0) is 38.0 Å². The number of nitrogens with one attached hydrogen (secondary N) is 1. The van der Waals surface area contributed by atoms with Crippen molar-refractivity contribution >= 4 is 23.1 Å². The molecule has 0 spiro atoms. The molecular weight excluding hydrogens is 350 g/mol. The van der Waals surface area contributed by atoms with Crippen LogP contribution in [0.4, 0.5) is 10.5 Å². The highest BCUT2D eigenvalue weighted by atomic mass is 32.1. The molecule has 134 valence electrons. The average molecular weight is 369 g/mol. The van der Waals surface area contributed by atoms with Crippen LogP contribution in [0.5, 0.6) is 0 Å². The summed E-state index contributed by atoms with van der Waals surface area (Å²) in [5.74, 6) is 1.07. The van der Waals surface area contributed by atoms with Gasteiger partial charge >= 0.3 is 6.03 Å². The number of anilines is 1. The van der Waals surface area contributed by atoms with Crippen molar-refractivity contribution < 1.29 is 9.32 Å². The molecule has 0 aliphatic carbocycles. The van der Waals surface area contributed by atoms with Crippen molar-refractivity contribution in [1.29, 1.82) is 0 Å². The molecule has 1 fully saturated rings. The predicted octanol–water partition coefficient (Wildman–Crippen LogP) is 4.18. The number of pyridine rings is 1. The predicted molar refractivity (Wildman–Crippen MR) is 99.0 cm³/mol. The summed E-state index contributed by atoms with van der Waals surface area (Å²) in [7, 11) is 0. The normalized spacial score (nSPS) is 16.8. The maximum atomic E-state index is 12.9. The van der Waals surface area contributed by atoms with Gasteiger partial charge in [0.1, 0.15) is 0 Å². The van der Waals surface area contributed by atoms with E-state index in [9.17, 15) is 4.79 Å². The Balaban J connectivity index is 1.57. The topological polar surface area (TPSA) is 84.2 Å². The largest absolute Gasteiger partial charge is 0.340 e. The molecule has 26 heavy (non-hydrogen) atoms. The van der Waals surface area contributed by atoms with E-state index in [1.54, 1.807) is 29.4 Å². The zero-order chi connectivity index (χ0) is 18.1. The van der Waals surface area contributed by atoms with Crippen molar-refractivity contribution in [3.63, 3.8) is 0 Å². The average Bonchev–Trinajstić information content (AvgIpc) is 3.35. The van der Waals surface area contributed by atoms with Crippen LogP contribution in [0, 0.1) is 13.8 Å². The van der Waals surface area contributed by atoms with Gasteiger partial charge in [0.05, 0.1) is 17.4 Å². The minimum absolute atomic E-state index is 0.157. The quantitative estimate of drug-likeness (QED) is 0.749. The first-order valence-corrected chi connectivity index (χ1v) is 9.38. The van der Waals surface area contributed by atoms with E-state index in [-0.39, 0.29) is 12.1 Å². The number of carbonyl (C=O) groups excluding carboxylic acids is 1. The van der Waals surface area contributed by atoms with Crippen LogP contribution >= 0.6 is 11.3 Å². The summed E-state index contributed by atoms with van der Waals surface area (Å²) < 4.78 is 5.07. The summed E-state index contributed by atoms with van der Waals surface area (Å²) in [5.41, 5.74) is 2.48. The Hall–Kier alpha value is -2.74. The van der Waals surface area contributed by atoms with Crippen LogP contribution in [-0.4, -0.2) is 32.6 Å². The monoisotopic (exact) mass is 369 g/mol. The fraction of sp³-hybridized carbons (Fsp3) is 0.333. The van der Waals surface area contributed by atoms with Crippen molar-refractivity contribution in [2.24, 2.45) is 0 Å². The second-order valence-electron chi connectivity index (χ2n) is 6.30. The van der Waals surface area contributed by atoms with Gasteiger partial charge in [-0.3, -0.25) is 4.98 Å². The van der Waals surface area contributed by atoms with Crippen LogP contribution in [0.3, 0.4) is 0 Å². The summed E-state index contributed by atoms with van der Waals surface area (Å²) in [6.07, 6.45) is 3.48. The van der Waals surface area contributed by atoms with Gasteiger partial charge in [0.15, 0.2) is 5.82 Å². The standard InChI is InChI=1S/C18H19N5O2S/c1-11-9-13(10-26-11)16-14(5-3-7-19-16)21-18(24)23-8-4-6-15(23)17-20-12(2)25-22-17/h3,5,7,9-10,15H,4,6,8H2,1-2H3,(H,21,24). The van der Waals surface area contributed by atoms with Gasteiger partial charge in [-0.25, -0.2) is 4.79 Å². The van der Waals surface area contributed by atoms with E-state index in [2.05, 4.69) is 33.4 Å². The van der Waals surface area contributed by atoms with Crippen LogP contribution in [0.1, 0.15) is 35.5 Å². The Labute approximate surface area is 155 Å². The van der Waals surface area contributed by atoms with Gasteiger partial charge in [0.25, 0.3) is 0 Å². The van der Waals surface area contributed by atoms with E-state index in [0.29, 0.717) is 23.9 Å². The van der Waals surface area contributed by atoms with Gasteiger partial charge < -0.3 is 14.7 Å². The summed E-state index contributed by atoms with van der Waals surface area (Å²) in [6, 6.07) is 5.44. The highest BCUT2D eigenvalue weighted by Gasteiger charge is 2.33. The van der Waals surface area contributed by atoms with E-state index in [0.717, 1.165) is 24.1 Å². The van der Waals surface area contributed by atoms with Gasteiger partial charge in [0, 0.05) is 35.5 Å². The van der Waals surface area contributed by atoms with Gasteiger partial charge in [-0.15, -0.1) is 11.3 Å². The molecule has 8 heteroatoms. The SMILES string of the molecule is Cc1nc(C2CCCN2C(=O)Nc2cccnc2-c2csc(C)c2)no1. The first-order chi connectivity index (χ1) is 12.6. The highest BCUT2D eigenvalue weighted by Crippen LogP contribution is 2.33. The molecule has 2 amide bonds. The third-order valence-electron chi connectivity index (χ3n) is 4.41. The third kappa shape index (κ3) is 3.20. The molecule has 0 saturated carbocycles. The molecule has 1 atom stereocenters. The highest BCUT2D eigenvalue weighted by molar-refractivity contribution is 7.10. The van der Waals surface area contributed by atoms with Gasteiger partial charge in [-0.1, -0.05) is 5.16 Å². The molecule has 7 nitrogen and oxygen atoms in total. The Kier molecular flexibility index (Phi) is 4.42. The van der Waals surface area contributed by atoms with Crippen molar-refractivity contribution in [2.75, 3.05) is 11.9 Å². The fourth-order valence-corrected chi connectivity index (χ4v) is 3.91. The number of urea groups is 1. The van der Waals surface area contributed by atoms with E-state index in [4.69, 9.17) is 4.52 Å². The number of aromatic nitrogens is 3. The number of hydrogen-bond donors (Lipinski definition) is 1. The van der Waals surface area contributed by atoms with Crippen LogP contribution < -0.4 is 5.32 Å². The molecule has 1 aliphatic rings. The Morgan fingerprint density at radius 2 is 2.31 bits per heavy atom. The molecule has 1 saturated heterocycles. The molecule has 0 aromatic carbocycles. The molecule has 3 aromatic heterocycles. The summed E-state index contributed by atoms with van der Waals surface area (Å²) in [5, 5.41) is 9.05. The van der Waals surface area contributed by atoms with Crippen LogP contribution in [0.15, 0.2) is 34.3 Å². The maximum absolute atomic E-state index is 12.9. The van der Waals surface area contributed by atoms with Gasteiger partial charge in [0.2, 0.25) is 5.89 Å². The van der Waals surface area contributed by atoms with Crippen molar-refractivity contribution in [1.82, 2.24) is 20.0 Å². The molecule has 0 bridgehead atoms. The van der Waals surface area contributed by atoms with Crippen molar-refractivity contribution in [2.45, 2.75) is 32.7 Å². The van der Waals surface area contributed by atoms with Crippen LogP contribution in [-0.2, 0) is 0 Å². The maximum Gasteiger partial charge on any atom is 0.322 e. The van der Waals surface area contributed by atoms with Crippen molar-refractivity contribution in [3.05, 3.63) is 46.4 Å². The molecule has 1 aliphatic heterocycles. The van der Waals surface area contributed by atoms with Crippen molar-refractivity contribution in [3.8, 4) is 11.3 Å². The summed E-state index contributed by atoms with van der Waals surface area (Å²) in [4.78, 5) is 24.6. The van der Waals surface area contributed by atoms with E-state index in [1.807, 2.05) is 17.5 Å². The smallest absolute Gasteiger partial charge is 0.322 e. The first-order valence-electron chi connectivity index (χ1n) is 8.50. The zero-order valence-corrected chi connectivity index (χ0v) is 15.4. The minimum Gasteiger partial charge on any atom is -0.340 e. The third-order valence-corrected chi connectivity index (χ3v) is 5.27. The van der Waals surface area contributed by atoms with Crippen LogP contribution in [0.25, 0.3) is 11.3 Å². The summed E-state index contributed by atoms with van der Waals surface area (Å²) in [6.45, 7) is 4.47. The number of hydrogen-bond acceptors (Lipinski definition) is 6. The van der Waals surface area contributed by atoms with Gasteiger partial charge in [-0.2, -0.15) is 4.98 Å². The zero-order valence-electron chi connectivity index (χ0n) is 14.6. The second-order valence-corrected chi connectivity index (χ2v) is 7.41. The number of carbonyl (C=O) groups is 1. The Bertz CT molecular complexity index is 935. The first kappa shape index (κ1) is 16.7. The molecule has 1 N–H and O–H groups in total. The molecule has 4 rings (SSSR count). The molecule has 4 heterocycles. The van der Waals surface area contributed by atoms with Crippen LogP contribution in [0.2, 0.25) is 0 Å². The lowest BCUT2D eigenvalue weighted by Gasteiger charge is -2.23. The molecular formula is C18H19N5O2S. The van der Waals surface area contributed by atoms with E-state index in [1.165, 1.54) is 4.88 Å². The molecule has 3 aromatic rings. The lowest BCUT2D eigenvalue weighted by Crippen LogP contribution is -2.35. The number of thiophene rings is 1. The number of likely N-dealkylation sites (tertiary alicyclic amines) is 1.